The van der Waals surface area contributed by atoms with Gasteiger partial charge in [0, 0.05) is 19.1 Å². The molecule has 0 aromatic carbocycles. The first-order chi connectivity index (χ1) is 7.77. The van der Waals surface area contributed by atoms with Crippen molar-refractivity contribution < 1.29 is 18.3 Å². The summed E-state index contributed by atoms with van der Waals surface area (Å²) < 4.78 is 30.4. The minimum atomic E-state index is -2.50. The molecular weight excluding hydrogens is 230 g/mol. The summed E-state index contributed by atoms with van der Waals surface area (Å²) in [6, 6.07) is -1.76. The van der Waals surface area contributed by atoms with E-state index in [1.807, 2.05) is 0 Å². The second kappa shape index (κ2) is 5.37. The number of ether oxygens (including phenoxy) is 1. The van der Waals surface area contributed by atoms with E-state index in [4.69, 9.17) is 4.74 Å². The van der Waals surface area contributed by atoms with Crippen LogP contribution in [0.5, 0.6) is 0 Å². The number of nitrogens with one attached hydrogen (secondary N) is 2. The van der Waals surface area contributed by atoms with E-state index in [0.29, 0.717) is 0 Å². The molecule has 1 heterocycles. The van der Waals surface area contributed by atoms with Crippen LogP contribution >= 0.6 is 0 Å². The van der Waals surface area contributed by atoms with Gasteiger partial charge in [-0.15, -0.1) is 0 Å². The second-order valence-electron chi connectivity index (χ2n) is 5.26. The second-order valence-corrected chi connectivity index (χ2v) is 5.26. The van der Waals surface area contributed by atoms with Crippen molar-refractivity contribution in [2.75, 3.05) is 13.7 Å². The van der Waals surface area contributed by atoms with E-state index in [-0.39, 0.29) is 12.3 Å². The lowest BCUT2D eigenvalue weighted by atomic mass is 9.85. The molecule has 1 fully saturated rings. The molecule has 0 radical (unpaired) electrons. The lowest BCUT2D eigenvalue weighted by Gasteiger charge is -2.38. The molecule has 1 aliphatic heterocycles. The van der Waals surface area contributed by atoms with Crippen LogP contribution in [-0.4, -0.2) is 44.2 Å². The zero-order chi connectivity index (χ0) is 13.2. The van der Waals surface area contributed by atoms with Crippen molar-refractivity contribution >= 4 is 5.78 Å². The molecule has 4 nitrogen and oxygen atoms in total. The van der Waals surface area contributed by atoms with Crippen LogP contribution in [0.1, 0.15) is 20.8 Å². The average molecular weight is 250 g/mol. The van der Waals surface area contributed by atoms with E-state index in [0.717, 1.165) is 0 Å². The molecule has 1 saturated heterocycles. The van der Waals surface area contributed by atoms with Gasteiger partial charge in [0.2, 0.25) is 0 Å². The normalized spacial score (nSPS) is 30.6. The third-order valence-electron chi connectivity index (χ3n) is 2.82. The third kappa shape index (κ3) is 3.43. The molecule has 1 aliphatic rings. The Morgan fingerprint density at radius 3 is 2.41 bits per heavy atom. The molecule has 100 valence electrons. The molecule has 17 heavy (non-hydrogen) atoms. The predicted octanol–water partition coefficient (Wildman–Crippen LogP) is 0.769. The molecular formula is C11H20F2N2O2. The average Bonchev–Trinajstić information content (AvgIpc) is 2.25. The molecule has 0 aromatic rings. The van der Waals surface area contributed by atoms with Crippen LogP contribution in [0.2, 0.25) is 0 Å². The zero-order valence-corrected chi connectivity index (χ0v) is 10.6. The van der Waals surface area contributed by atoms with Gasteiger partial charge in [-0.2, -0.15) is 0 Å². The van der Waals surface area contributed by atoms with Gasteiger partial charge in [-0.25, -0.2) is 8.78 Å². The molecule has 0 aliphatic carbocycles. The summed E-state index contributed by atoms with van der Waals surface area (Å²) in [5.41, 5.74) is -0.597. The van der Waals surface area contributed by atoms with E-state index in [1.54, 1.807) is 20.8 Å². The van der Waals surface area contributed by atoms with Gasteiger partial charge in [-0.3, -0.25) is 15.4 Å². The Hall–Kier alpha value is -0.590. The number of carbonyl (C=O) groups excluding carboxylic acids is 1. The van der Waals surface area contributed by atoms with Crippen LogP contribution in [0, 0.1) is 5.41 Å². The number of rotatable bonds is 3. The zero-order valence-electron chi connectivity index (χ0n) is 10.6. The summed E-state index contributed by atoms with van der Waals surface area (Å²) in [5.74, 6) is -0.137. The summed E-state index contributed by atoms with van der Waals surface area (Å²) in [6.07, 6.45) is -3.06. The number of piperazine rings is 1. The fourth-order valence-corrected chi connectivity index (χ4v) is 1.80. The van der Waals surface area contributed by atoms with Gasteiger partial charge in [0.25, 0.3) is 6.43 Å². The van der Waals surface area contributed by atoms with Crippen molar-refractivity contribution in [1.82, 2.24) is 10.6 Å². The van der Waals surface area contributed by atoms with E-state index >= 15 is 0 Å². The third-order valence-corrected chi connectivity index (χ3v) is 2.82. The monoisotopic (exact) mass is 250 g/mol. The van der Waals surface area contributed by atoms with Gasteiger partial charge in [0.1, 0.15) is 12.3 Å². The van der Waals surface area contributed by atoms with Crippen molar-refractivity contribution in [2.24, 2.45) is 5.41 Å². The molecule has 0 aromatic heterocycles. The Morgan fingerprint density at radius 1 is 1.41 bits per heavy atom. The molecule has 2 N–H and O–H groups in total. The summed E-state index contributed by atoms with van der Waals surface area (Å²) in [5, 5.41) is 5.49. The standard InChI is InChI=1S/C11H20F2N2O2/c1-11(2,3)8(16)7-10(17-4)14-5-6(15-7)9(12)13/h6-7,9-10,14-15H,5H2,1-4H3. The van der Waals surface area contributed by atoms with Crippen LogP contribution in [0.25, 0.3) is 0 Å². The number of alkyl halides is 2. The van der Waals surface area contributed by atoms with Crippen LogP contribution in [0.15, 0.2) is 0 Å². The fourth-order valence-electron chi connectivity index (χ4n) is 1.80. The van der Waals surface area contributed by atoms with Crippen LogP contribution in [0.3, 0.4) is 0 Å². The number of ketones is 1. The number of halogens is 2. The summed E-state index contributed by atoms with van der Waals surface area (Å²) in [7, 11) is 1.45. The molecule has 0 spiro atoms. The van der Waals surface area contributed by atoms with Gasteiger partial charge < -0.3 is 4.74 Å². The highest BCUT2D eigenvalue weighted by atomic mass is 19.3. The Bertz CT molecular complexity index is 279. The van der Waals surface area contributed by atoms with Gasteiger partial charge in [0.05, 0.1) is 6.04 Å². The summed E-state index contributed by atoms with van der Waals surface area (Å²) in [6.45, 7) is 5.37. The number of Topliss-reactive ketones (excluding diaryl/α,β-unsaturated/α-hetero) is 1. The Morgan fingerprint density at radius 2 is 2.00 bits per heavy atom. The van der Waals surface area contributed by atoms with Gasteiger partial charge >= 0.3 is 0 Å². The maximum Gasteiger partial charge on any atom is 0.254 e. The lowest BCUT2D eigenvalue weighted by molar-refractivity contribution is -0.135. The minimum Gasteiger partial charge on any atom is -0.364 e. The summed E-state index contributed by atoms with van der Waals surface area (Å²) >= 11 is 0. The Balaban J connectivity index is 2.80. The van der Waals surface area contributed by atoms with Crippen molar-refractivity contribution in [3.63, 3.8) is 0 Å². The Kier molecular flexibility index (Phi) is 4.57. The quantitative estimate of drug-likeness (QED) is 0.777. The number of hydrogen-bond donors (Lipinski definition) is 2. The molecule has 6 heteroatoms. The SMILES string of the molecule is COC1NCC(C(F)F)NC1C(=O)C(C)(C)C. The summed E-state index contributed by atoms with van der Waals surface area (Å²) in [4.78, 5) is 12.1. The van der Waals surface area contributed by atoms with Gasteiger partial charge in [-0.05, 0) is 0 Å². The fraction of sp³-hybridized carbons (Fsp3) is 0.909. The van der Waals surface area contributed by atoms with E-state index in [1.165, 1.54) is 7.11 Å². The van der Waals surface area contributed by atoms with E-state index in [9.17, 15) is 13.6 Å². The first kappa shape index (κ1) is 14.5. The molecule has 1 rings (SSSR count). The first-order valence-electron chi connectivity index (χ1n) is 5.62. The minimum absolute atomic E-state index is 0.0874. The predicted molar refractivity (Wildman–Crippen MR) is 60.0 cm³/mol. The van der Waals surface area contributed by atoms with Crippen molar-refractivity contribution in [1.29, 1.82) is 0 Å². The molecule has 3 unspecified atom stereocenters. The molecule has 0 amide bonds. The van der Waals surface area contributed by atoms with Gasteiger partial charge in [0.15, 0.2) is 5.78 Å². The van der Waals surface area contributed by atoms with Crippen molar-refractivity contribution in [3.05, 3.63) is 0 Å². The highest BCUT2D eigenvalue weighted by molar-refractivity contribution is 5.89. The first-order valence-corrected chi connectivity index (χ1v) is 5.62. The van der Waals surface area contributed by atoms with E-state index < -0.39 is 30.2 Å². The maximum absolute atomic E-state index is 12.6. The molecule has 3 atom stereocenters. The number of carbonyl (C=O) groups is 1. The van der Waals surface area contributed by atoms with E-state index in [2.05, 4.69) is 10.6 Å². The van der Waals surface area contributed by atoms with Crippen LogP contribution in [0.4, 0.5) is 8.78 Å². The molecule has 0 saturated carbocycles. The molecule has 0 bridgehead atoms. The highest BCUT2D eigenvalue weighted by Crippen LogP contribution is 2.21. The van der Waals surface area contributed by atoms with Crippen molar-refractivity contribution in [3.8, 4) is 0 Å². The lowest BCUT2D eigenvalue weighted by Crippen LogP contribution is -2.67. The topological polar surface area (TPSA) is 50.4 Å². The maximum atomic E-state index is 12.6. The van der Waals surface area contributed by atoms with Crippen LogP contribution in [-0.2, 0) is 9.53 Å². The highest BCUT2D eigenvalue weighted by Gasteiger charge is 2.41. The Labute approximate surface area is 100 Å². The van der Waals surface area contributed by atoms with Crippen molar-refractivity contribution in [2.45, 2.75) is 45.5 Å². The largest absolute Gasteiger partial charge is 0.364 e. The smallest absolute Gasteiger partial charge is 0.254 e. The number of hydrogen-bond acceptors (Lipinski definition) is 4. The van der Waals surface area contributed by atoms with Crippen LogP contribution < -0.4 is 10.6 Å². The number of methoxy groups -OCH3 is 1. The van der Waals surface area contributed by atoms with Gasteiger partial charge in [-0.1, -0.05) is 20.8 Å².